The molecule has 0 spiro atoms. The van der Waals surface area contributed by atoms with Crippen molar-refractivity contribution >= 4 is 27.3 Å². The van der Waals surface area contributed by atoms with Crippen LogP contribution in [0.25, 0.3) is 0 Å². The predicted octanol–water partition coefficient (Wildman–Crippen LogP) is 3.24. The number of aliphatic hydroxyl groups is 1. The predicted molar refractivity (Wildman–Crippen MR) is 69.5 cm³/mol. The molecule has 0 fully saturated rings. The first kappa shape index (κ1) is 13.2. The van der Waals surface area contributed by atoms with E-state index in [1.807, 2.05) is 13.0 Å². The van der Waals surface area contributed by atoms with Gasteiger partial charge in [0.25, 0.3) is 0 Å². The molecule has 0 amide bonds. The van der Waals surface area contributed by atoms with Gasteiger partial charge in [-0.3, -0.25) is 0 Å². The van der Waals surface area contributed by atoms with E-state index in [1.165, 1.54) is 4.88 Å². The minimum absolute atomic E-state index is 0.0461. The second-order valence-electron chi connectivity index (χ2n) is 4.70. The highest BCUT2D eigenvalue weighted by Gasteiger charge is 2.15. The molecule has 1 aromatic rings. The van der Waals surface area contributed by atoms with Crippen LogP contribution >= 0.6 is 27.3 Å². The Labute approximate surface area is 104 Å². The highest BCUT2D eigenvalue weighted by molar-refractivity contribution is 9.10. The molecule has 0 aliphatic carbocycles. The lowest BCUT2D eigenvalue weighted by Crippen LogP contribution is -2.38. The van der Waals surface area contributed by atoms with Crippen LogP contribution in [0, 0.1) is 6.92 Å². The van der Waals surface area contributed by atoms with Crippen LogP contribution < -0.4 is 5.32 Å². The summed E-state index contributed by atoms with van der Waals surface area (Å²) in [6.45, 7) is 8.91. The number of halogens is 1. The average molecular weight is 292 g/mol. The van der Waals surface area contributed by atoms with E-state index in [2.05, 4.69) is 42.0 Å². The fourth-order valence-electron chi connectivity index (χ4n) is 1.15. The second-order valence-corrected chi connectivity index (χ2v) is 6.84. The summed E-state index contributed by atoms with van der Waals surface area (Å²) in [5, 5.41) is 13.2. The molecular weight excluding hydrogens is 274 g/mol. The van der Waals surface area contributed by atoms with Crippen LogP contribution in [0.4, 0.5) is 0 Å². The van der Waals surface area contributed by atoms with Gasteiger partial charge in [-0.05, 0) is 49.7 Å². The Morgan fingerprint density at radius 2 is 2.13 bits per heavy atom. The highest BCUT2D eigenvalue weighted by atomic mass is 79.9. The molecule has 0 aromatic carbocycles. The lowest BCUT2D eigenvalue weighted by atomic mass is 10.1. The molecule has 0 bridgehead atoms. The molecule has 0 aliphatic rings. The third-order valence-corrected chi connectivity index (χ3v) is 4.27. The zero-order valence-corrected chi connectivity index (χ0v) is 12.0. The van der Waals surface area contributed by atoms with Crippen molar-refractivity contribution in [1.29, 1.82) is 0 Å². The van der Waals surface area contributed by atoms with Crippen molar-refractivity contribution in [3.05, 3.63) is 20.3 Å². The normalized spacial score (nSPS) is 14.3. The van der Waals surface area contributed by atoms with Gasteiger partial charge in [-0.1, -0.05) is 0 Å². The molecule has 2 nitrogen and oxygen atoms in total. The van der Waals surface area contributed by atoms with E-state index >= 15 is 0 Å². The smallest absolute Gasteiger partial charge is 0.101 e. The Kier molecular flexibility index (Phi) is 4.35. The SMILES string of the molecule is Cc1sc(C(O)CNC(C)(C)C)cc1Br. The maximum Gasteiger partial charge on any atom is 0.101 e. The molecule has 0 saturated heterocycles. The van der Waals surface area contributed by atoms with Crippen molar-refractivity contribution in [2.24, 2.45) is 0 Å². The zero-order chi connectivity index (χ0) is 11.6. The number of thiophene rings is 1. The van der Waals surface area contributed by atoms with Crippen LogP contribution in [0.5, 0.6) is 0 Å². The van der Waals surface area contributed by atoms with E-state index < -0.39 is 6.10 Å². The van der Waals surface area contributed by atoms with Crippen molar-refractivity contribution in [1.82, 2.24) is 5.32 Å². The van der Waals surface area contributed by atoms with Gasteiger partial charge in [0.05, 0.1) is 0 Å². The Morgan fingerprint density at radius 1 is 1.53 bits per heavy atom. The van der Waals surface area contributed by atoms with Gasteiger partial charge in [0.2, 0.25) is 0 Å². The van der Waals surface area contributed by atoms with Gasteiger partial charge in [-0.2, -0.15) is 0 Å². The summed E-state index contributed by atoms with van der Waals surface area (Å²) in [6.07, 6.45) is -0.417. The molecule has 0 saturated carbocycles. The van der Waals surface area contributed by atoms with Gasteiger partial charge in [-0.15, -0.1) is 11.3 Å². The molecule has 0 radical (unpaired) electrons. The second kappa shape index (κ2) is 4.95. The summed E-state index contributed by atoms with van der Waals surface area (Å²) < 4.78 is 1.08. The molecule has 1 aromatic heterocycles. The van der Waals surface area contributed by atoms with Gasteiger partial charge >= 0.3 is 0 Å². The largest absolute Gasteiger partial charge is 0.386 e. The van der Waals surface area contributed by atoms with Gasteiger partial charge in [0.15, 0.2) is 0 Å². The number of hydrogen-bond donors (Lipinski definition) is 2. The quantitative estimate of drug-likeness (QED) is 0.896. The fraction of sp³-hybridized carbons (Fsp3) is 0.636. The minimum Gasteiger partial charge on any atom is -0.386 e. The summed E-state index contributed by atoms with van der Waals surface area (Å²) in [6, 6.07) is 2.00. The van der Waals surface area contributed by atoms with E-state index in [-0.39, 0.29) is 5.54 Å². The summed E-state index contributed by atoms with van der Waals surface area (Å²) in [5.41, 5.74) is 0.0461. The molecule has 1 atom stereocenters. The maximum absolute atomic E-state index is 9.95. The van der Waals surface area contributed by atoms with Crippen LogP contribution in [-0.2, 0) is 0 Å². The molecule has 1 unspecified atom stereocenters. The Bertz CT molecular complexity index is 310. The number of nitrogens with one attached hydrogen (secondary N) is 1. The molecular formula is C11H18BrNOS. The molecule has 4 heteroatoms. The molecule has 15 heavy (non-hydrogen) atoms. The molecule has 1 rings (SSSR count). The van der Waals surface area contributed by atoms with Gasteiger partial charge < -0.3 is 10.4 Å². The third kappa shape index (κ3) is 4.23. The van der Waals surface area contributed by atoms with E-state index in [9.17, 15) is 5.11 Å². The highest BCUT2D eigenvalue weighted by Crippen LogP contribution is 2.30. The van der Waals surface area contributed by atoms with Gasteiger partial charge in [0, 0.05) is 26.3 Å². The van der Waals surface area contributed by atoms with Gasteiger partial charge in [-0.25, -0.2) is 0 Å². The van der Waals surface area contributed by atoms with Crippen molar-refractivity contribution in [3.8, 4) is 0 Å². The summed E-state index contributed by atoms with van der Waals surface area (Å²) in [7, 11) is 0. The van der Waals surface area contributed by atoms with Crippen LogP contribution in [-0.4, -0.2) is 17.2 Å². The average Bonchev–Trinajstić information content (AvgIpc) is 2.42. The number of rotatable bonds is 3. The lowest BCUT2D eigenvalue weighted by molar-refractivity contribution is 0.167. The van der Waals surface area contributed by atoms with Crippen molar-refractivity contribution in [2.45, 2.75) is 39.3 Å². The fourth-order valence-corrected chi connectivity index (χ4v) is 2.70. The standard InChI is InChI=1S/C11H18BrNOS/c1-7-8(12)5-10(15-7)9(14)6-13-11(2,3)4/h5,9,13-14H,6H2,1-4H3. The van der Waals surface area contributed by atoms with E-state index in [0.29, 0.717) is 6.54 Å². The van der Waals surface area contributed by atoms with Gasteiger partial charge in [0.1, 0.15) is 6.10 Å². The van der Waals surface area contributed by atoms with Crippen molar-refractivity contribution < 1.29 is 5.11 Å². The lowest BCUT2D eigenvalue weighted by Gasteiger charge is -2.22. The molecule has 0 aliphatic heterocycles. The molecule has 2 N–H and O–H groups in total. The maximum atomic E-state index is 9.95. The monoisotopic (exact) mass is 291 g/mol. The molecule has 1 heterocycles. The summed E-state index contributed by atoms with van der Waals surface area (Å²) >= 11 is 5.09. The van der Waals surface area contributed by atoms with Crippen LogP contribution in [0.1, 0.15) is 36.6 Å². The van der Waals surface area contributed by atoms with E-state index in [4.69, 9.17) is 0 Å². The summed E-state index contributed by atoms with van der Waals surface area (Å²) in [5.74, 6) is 0. The Morgan fingerprint density at radius 3 is 2.53 bits per heavy atom. The van der Waals surface area contributed by atoms with Crippen LogP contribution in [0.15, 0.2) is 10.5 Å². The van der Waals surface area contributed by atoms with Crippen molar-refractivity contribution in [2.75, 3.05) is 6.54 Å². The first-order valence-electron chi connectivity index (χ1n) is 4.98. The van der Waals surface area contributed by atoms with Crippen LogP contribution in [0.2, 0.25) is 0 Å². The number of hydrogen-bond acceptors (Lipinski definition) is 3. The number of aryl methyl sites for hydroxylation is 1. The zero-order valence-electron chi connectivity index (χ0n) is 9.60. The van der Waals surface area contributed by atoms with Crippen molar-refractivity contribution in [3.63, 3.8) is 0 Å². The third-order valence-electron chi connectivity index (χ3n) is 2.03. The first-order chi connectivity index (χ1) is 6.79. The Balaban J connectivity index is 2.58. The number of aliphatic hydroxyl groups excluding tert-OH is 1. The topological polar surface area (TPSA) is 32.3 Å². The van der Waals surface area contributed by atoms with E-state index in [0.717, 1.165) is 9.35 Å². The van der Waals surface area contributed by atoms with E-state index in [1.54, 1.807) is 11.3 Å². The molecule has 86 valence electrons. The van der Waals surface area contributed by atoms with Crippen LogP contribution in [0.3, 0.4) is 0 Å². The first-order valence-corrected chi connectivity index (χ1v) is 6.59. The summed E-state index contributed by atoms with van der Waals surface area (Å²) in [4.78, 5) is 2.22. The minimum atomic E-state index is -0.417. The number of β-amino-alcohol motifs (C(OH)–C–C–N with tert-alkyl or cyclic N) is 1. The Hall–Kier alpha value is 0.100.